The second kappa shape index (κ2) is 10.8. The number of carbonyl (C=O) groups is 1. The zero-order valence-corrected chi connectivity index (χ0v) is 19.3. The van der Waals surface area contributed by atoms with Crippen LogP contribution in [0.3, 0.4) is 0 Å². The highest BCUT2D eigenvalue weighted by Gasteiger charge is 2.22. The van der Waals surface area contributed by atoms with Crippen LogP contribution in [0.25, 0.3) is 11.1 Å². The van der Waals surface area contributed by atoms with Crippen molar-refractivity contribution in [3.05, 3.63) is 66.5 Å². The predicted molar refractivity (Wildman–Crippen MR) is 126 cm³/mol. The van der Waals surface area contributed by atoms with Crippen molar-refractivity contribution in [2.75, 3.05) is 37.4 Å². The molecule has 0 bridgehead atoms. The van der Waals surface area contributed by atoms with Gasteiger partial charge in [0.15, 0.2) is 0 Å². The minimum atomic E-state index is -4.11. The van der Waals surface area contributed by atoms with Crippen molar-refractivity contribution in [2.45, 2.75) is 4.90 Å². The molecular weight excluding hydrogens is 465 g/mol. The molecule has 0 heterocycles. The summed E-state index contributed by atoms with van der Waals surface area (Å²) < 4.78 is 58.5. The fourth-order valence-corrected chi connectivity index (χ4v) is 4.40. The maximum atomic E-state index is 14.5. The van der Waals surface area contributed by atoms with Crippen molar-refractivity contribution in [1.29, 1.82) is 0 Å². The number of benzene rings is 3. The van der Waals surface area contributed by atoms with E-state index in [1.54, 1.807) is 30.3 Å². The molecule has 0 fully saturated rings. The van der Waals surface area contributed by atoms with Crippen molar-refractivity contribution >= 4 is 27.5 Å². The molecule has 3 aromatic carbocycles. The van der Waals surface area contributed by atoms with Gasteiger partial charge in [0.1, 0.15) is 28.8 Å². The molecule has 3 aromatic rings. The number of anilines is 2. The lowest BCUT2D eigenvalue weighted by Crippen LogP contribution is -2.18. The zero-order chi connectivity index (χ0) is 24.7. The number of nitrogens with one attached hydrogen (secondary N) is 2. The number of primary amides is 1. The van der Waals surface area contributed by atoms with Gasteiger partial charge in [0.2, 0.25) is 0 Å². The number of rotatable bonds is 10. The molecule has 1 amide bonds. The fourth-order valence-electron chi connectivity index (χ4n) is 3.16. The third-order valence-corrected chi connectivity index (χ3v) is 6.13. The minimum Gasteiger partial charge on any atom is -0.497 e. The van der Waals surface area contributed by atoms with Crippen LogP contribution in [0, 0.1) is 5.82 Å². The van der Waals surface area contributed by atoms with E-state index in [1.165, 1.54) is 44.6 Å². The summed E-state index contributed by atoms with van der Waals surface area (Å²) in [5.41, 5.74) is 6.30. The number of nitrogens with two attached hydrogens (primary N) is 1. The Morgan fingerprint density at radius 3 is 2.47 bits per heavy atom. The Morgan fingerprint density at radius 2 is 1.76 bits per heavy atom. The van der Waals surface area contributed by atoms with Crippen molar-refractivity contribution < 1.29 is 31.8 Å². The lowest BCUT2D eigenvalue weighted by atomic mass is 10.0. The summed E-state index contributed by atoms with van der Waals surface area (Å²) in [6.07, 6.45) is -0.881. The van der Waals surface area contributed by atoms with E-state index in [-0.39, 0.29) is 35.0 Å². The Labute approximate surface area is 196 Å². The van der Waals surface area contributed by atoms with Crippen LogP contribution in [0.1, 0.15) is 0 Å². The highest BCUT2D eigenvalue weighted by atomic mass is 32.2. The third kappa shape index (κ3) is 6.07. The van der Waals surface area contributed by atoms with E-state index in [1.807, 2.05) is 0 Å². The molecular formula is C23H24FN3O6S. The molecule has 9 nitrogen and oxygen atoms in total. The molecule has 0 aliphatic heterocycles. The van der Waals surface area contributed by atoms with Crippen LogP contribution < -0.4 is 25.2 Å². The molecule has 0 aliphatic carbocycles. The second-order valence-corrected chi connectivity index (χ2v) is 8.64. The summed E-state index contributed by atoms with van der Waals surface area (Å²) in [4.78, 5) is 10.5. The van der Waals surface area contributed by atoms with Crippen molar-refractivity contribution in [3.8, 4) is 22.6 Å². The van der Waals surface area contributed by atoms with Gasteiger partial charge in [-0.25, -0.2) is 17.6 Å². The van der Waals surface area contributed by atoms with Gasteiger partial charge < -0.3 is 25.3 Å². The number of hydrogen-bond donors (Lipinski definition) is 3. The molecule has 4 N–H and O–H groups in total. The number of amides is 1. The predicted octanol–water partition coefficient (Wildman–Crippen LogP) is 3.82. The van der Waals surface area contributed by atoms with Crippen molar-refractivity contribution in [3.63, 3.8) is 0 Å². The quantitative estimate of drug-likeness (QED) is 0.369. The van der Waals surface area contributed by atoms with Gasteiger partial charge >= 0.3 is 6.09 Å². The fraction of sp³-hybridized carbons (Fsp3) is 0.174. The summed E-state index contributed by atoms with van der Waals surface area (Å²) in [6.45, 7) is 0.331. The molecule has 0 spiro atoms. The summed E-state index contributed by atoms with van der Waals surface area (Å²) in [5, 5.41) is 2.99. The number of halogens is 1. The van der Waals surface area contributed by atoms with Crippen molar-refractivity contribution in [1.82, 2.24) is 0 Å². The Bertz CT molecular complexity index is 1280. The van der Waals surface area contributed by atoms with Crippen LogP contribution in [-0.4, -0.2) is 41.9 Å². The lowest BCUT2D eigenvalue weighted by Gasteiger charge is -2.15. The molecule has 0 unspecified atom stereocenters. The van der Waals surface area contributed by atoms with E-state index in [9.17, 15) is 17.6 Å². The Balaban J connectivity index is 1.88. The Morgan fingerprint density at radius 1 is 1.00 bits per heavy atom. The smallest absolute Gasteiger partial charge is 0.404 e. The molecule has 0 saturated heterocycles. The monoisotopic (exact) mass is 489 g/mol. The summed E-state index contributed by atoms with van der Waals surface area (Å²) in [7, 11) is -1.31. The minimum absolute atomic E-state index is 0.0517. The molecule has 0 aliphatic rings. The standard InChI is InChI=1S/C23H24FN3O6S/c1-31-18-7-8-20(24)19(14-18)15-6-9-21(32-2)22(12-15)34(29,30)27-17-5-3-4-16(13-17)26-10-11-33-23(25)28/h3-9,12-14,26-27H,10-11H2,1-2H3,(H2,25,28). The van der Waals surface area contributed by atoms with Crippen LogP contribution >= 0.6 is 0 Å². The molecule has 180 valence electrons. The van der Waals surface area contributed by atoms with E-state index >= 15 is 0 Å². The largest absolute Gasteiger partial charge is 0.497 e. The number of carbonyl (C=O) groups excluding carboxylic acids is 1. The molecule has 0 aromatic heterocycles. The number of sulfonamides is 1. The number of ether oxygens (including phenoxy) is 3. The summed E-state index contributed by atoms with van der Waals surface area (Å²) in [6, 6.07) is 15.1. The first kappa shape index (κ1) is 24.6. The SMILES string of the molecule is COc1ccc(F)c(-c2ccc(OC)c(S(=O)(=O)Nc3cccc(NCCOC(N)=O)c3)c2)c1. The number of hydrogen-bond acceptors (Lipinski definition) is 7. The van der Waals surface area contributed by atoms with E-state index in [0.717, 1.165) is 0 Å². The van der Waals surface area contributed by atoms with Crippen LogP contribution in [0.2, 0.25) is 0 Å². The first-order valence-corrected chi connectivity index (χ1v) is 11.5. The molecule has 0 atom stereocenters. The Kier molecular flexibility index (Phi) is 7.79. The highest BCUT2D eigenvalue weighted by molar-refractivity contribution is 7.92. The topological polar surface area (TPSA) is 129 Å². The van der Waals surface area contributed by atoms with Crippen LogP contribution in [0.4, 0.5) is 20.6 Å². The van der Waals surface area contributed by atoms with Gasteiger partial charge in [0.05, 0.1) is 19.9 Å². The Hall–Kier alpha value is -3.99. The average Bonchev–Trinajstić information content (AvgIpc) is 2.81. The van der Waals surface area contributed by atoms with Gasteiger partial charge in [0, 0.05) is 17.8 Å². The van der Waals surface area contributed by atoms with Crippen LogP contribution in [-0.2, 0) is 14.8 Å². The van der Waals surface area contributed by atoms with Crippen LogP contribution in [0.15, 0.2) is 65.6 Å². The van der Waals surface area contributed by atoms with Crippen LogP contribution in [0.5, 0.6) is 11.5 Å². The van der Waals surface area contributed by atoms with Gasteiger partial charge in [-0.15, -0.1) is 0 Å². The lowest BCUT2D eigenvalue weighted by molar-refractivity contribution is 0.161. The average molecular weight is 490 g/mol. The molecule has 0 saturated carbocycles. The maximum Gasteiger partial charge on any atom is 0.404 e. The normalized spacial score (nSPS) is 10.9. The highest BCUT2D eigenvalue weighted by Crippen LogP contribution is 2.34. The molecule has 11 heteroatoms. The summed E-state index contributed by atoms with van der Waals surface area (Å²) >= 11 is 0. The van der Waals surface area contributed by atoms with Gasteiger partial charge in [-0.1, -0.05) is 12.1 Å². The molecule has 0 radical (unpaired) electrons. The molecule has 3 rings (SSSR count). The van der Waals surface area contributed by atoms with Gasteiger partial charge in [-0.2, -0.15) is 0 Å². The van der Waals surface area contributed by atoms with Gasteiger partial charge in [-0.3, -0.25) is 4.72 Å². The summed E-state index contributed by atoms with van der Waals surface area (Å²) in [5.74, 6) is -0.000840. The van der Waals surface area contributed by atoms with Gasteiger partial charge in [-0.05, 0) is 54.1 Å². The second-order valence-electron chi connectivity index (χ2n) is 6.99. The van der Waals surface area contributed by atoms with E-state index in [2.05, 4.69) is 14.8 Å². The van der Waals surface area contributed by atoms with E-state index in [4.69, 9.17) is 15.2 Å². The van der Waals surface area contributed by atoms with E-state index < -0.39 is 21.9 Å². The van der Waals surface area contributed by atoms with E-state index in [0.29, 0.717) is 17.0 Å². The van der Waals surface area contributed by atoms with Gasteiger partial charge in [0.25, 0.3) is 10.0 Å². The third-order valence-electron chi connectivity index (χ3n) is 4.73. The van der Waals surface area contributed by atoms with Crippen molar-refractivity contribution in [2.24, 2.45) is 5.73 Å². The number of methoxy groups -OCH3 is 2. The zero-order valence-electron chi connectivity index (χ0n) is 18.5. The first-order chi connectivity index (χ1) is 16.2. The first-order valence-electron chi connectivity index (χ1n) is 10.0. The molecule has 34 heavy (non-hydrogen) atoms. The maximum absolute atomic E-state index is 14.5.